The molecule has 15 heteroatoms. The van der Waals surface area contributed by atoms with Crippen LogP contribution in [-0.4, -0.2) is 18.6 Å². The molecule has 4 rings (SSSR count). The van der Waals surface area contributed by atoms with Crippen LogP contribution in [0, 0.1) is 0 Å². The molecule has 4 aromatic carbocycles. The molecule has 0 aliphatic rings. The molecule has 0 bridgehead atoms. The number of amides is 1. The van der Waals surface area contributed by atoms with Crippen LogP contribution in [0.4, 0.5) is 48.3 Å². The molecule has 1 amide bonds. The molecule has 4 nitrogen and oxygen atoms in total. The summed E-state index contributed by atoms with van der Waals surface area (Å²) >= 11 is 0. The Kier molecular flexibility index (Phi) is 10.0. The molecular formula is C33H24F11NO3. The van der Waals surface area contributed by atoms with Crippen molar-refractivity contribution >= 4 is 5.91 Å². The molecule has 0 spiro atoms. The minimum Gasteiger partial charge on any atom is -0.406 e. The Bertz CT molecular complexity index is 1640. The van der Waals surface area contributed by atoms with E-state index in [1.165, 1.54) is 24.3 Å². The van der Waals surface area contributed by atoms with Gasteiger partial charge in [-0.25, -0.2) is 8.78 Å². The van der Waals surface area contributed by atoms with Crippen molar-refractivity contribution in [2.75, 3.05) is 0 Å². The van der Waals surface area contributed by atoms with Gasteiger partial charge in [0.15, 0.2) is 0 Å². The average molecular weight is 692 g/mol. The van der Waals surface area contributed by atoms with Gasteiger partial charge in [-0.15, -0.1) is 26.3 Å². The van der Waals surface area contributed by atoms with Crippen LogP contribution >= 0.6 is 0 Å². The molecule has 48 heavy (non-hydrogen) atoms. The summed E-state index contributed by atoms with van der Waals surface area (Å²) < 4.78 is 156. The first-order valence-electron chi connectivity index (χ1n) is 13.8. The van der Waals surface area contributed by atoms with Gasteiger partial charge in [0.25, 0.3) is 5.92 Å². The second kappa shape index (κ2) is 13.4. The van der Waals surface area contributed by atoms with E-state index in [4.69, 9.17) is 0 Å². The quantitative estimate of drug-likeness (QED) is 0.169. The summed E-state index contributed by atoms with van der Waals surface area (Å²) in [6, 6.07) is 17.4. The zero-order valence-corrected chi connectivity index (χ0v) is 24.5. The standard InChI is InChI=1S/C33H24F11NO3/c1-29(34,35)24-13-21(14-25(15-24)31(36,37)38)19-45-28(46)30(18-20-7-3-2-4-8-20,22-9-5-11-26(16-22)47-32(39,40)41)23-10-6-12-27(17-23)48-33(42,43)44/h2-17H,18-19H2,1H3,(H,45,46). The summed E-state index contributed by atoms with van der Waals surface area (Å²) in [6.07, 6.45) is -15.8. The van der Waals surface area contributed by atoms with Gasteiger partial charge in [-0.3, -0.25) is 4.79 Å². The summed E-state index contributed by atoms with van der Waals surface area (Å²) in [5, 5.41) is 2.37. The molecule has 0 aromatic heterocycles. The fourth-order valence-corrected chi connectivity index (χ4v) is 5.08. The first-order chi connectivity index (χ1) is 22.2. The van der Waals surface area contributed by atoms with E-state index in [9.17, 15) is 53.1 Å². The van der Waals surface area contributed by atoms with Gasteiger partial charge in [0.1, 0.15) is 16.9 Å². The molecule has 0 aliphatic heterocycles. The minimum atomic E-state index is -5.17. The first-order valence-corrected chi connectivity index (χ1v) is 13.8. The number of hydrogen-bond acceptors (Lipinski definition) is 3. The SMILES string of the molecule is CC(F)(F)c1cc(CNC(=O)C(Cc2ccccc2)(c2cccc(OC(F)(F)F)c2)c2cccc(OC(F)(F)F)c2)cc(C(F)(F)F)c1. The Morgan fingerprint density at radius 3 is 1.54 bits per heavy atom. The highest BCUT2D eigenvalue weighted by atomic mass is 19.4. The van der Waals surface area contributed by atoms with Gasteiger partial charge >= 0.3 is 18.9 Å². The van der Waals surface area contributed by atoms with Crippen LogP contribution in [-0.2, 0) is 35.3 Å². The summed E-state index contributed by atoms with van der Waals surface area (Å²) in [5.74, 6) is -6.40. The fourth-order valence-electron chi connectivity index (χ4n) is 5.08. The number of carbonyl (C=O) groups excluding carboxylic acids is 1. The van der Waals surface area contributed by atoms with Crippen molar-refractivity contribution in [3.63, 3.8) is 0 Å². The van der Waals surface area contributed by atoms with Crippen LogP contribution in [0.25, 0.3) is 0 Å². The smallest absolute Gasteiger partial charge is 0.406 e. The van der Waals surface area contributed by atoms with Crippen molar-refractivity contribution in [2.24, 2.45) is 0 Å². The summed E-state index contributed by atoms with van der Waals surface area (Å²) in [4.78, 5) is 14.4. The molecule has 1 N–H and O–H groups in total. The second-order valence-electron chi connectivity index (χ2n) is 10.7. The van der Waals surface area contributed by atoms with Gasteiger partial charge in [0.2, 0.25) is 5.91 Å². The third kappa shape index (κ3) is 9.16. The number of hydrogen-bond donors (Lipinski definition) is 1. The van der Waals surface area contributed by atoms with Crippen LogP contribution in [0.1, 0.15) is 40.3 Å². The number of alkyl halides is 11. The van der Waals surface area contributed by atoms with E-state index < -0.39 is 77.3 Å². The molecule has 256 valence electrons. The number of nitrogens with one attached hydrogen (secondary N) is 1. The van der Waals surface area contributed by atoms with Gasteiger partial charge < -0.3 is 14.8 Å². The van der Waals surface area contributed by atoms with Gasteiger partial charge in [0.05, 0.1) is 5.56 Å². The van der Waals surface area contributed by atoms with E-state index in [-0.39, 0.29) is 17.2 Å². The molecule has 0 fully saturated rings. The van der Waals surface area contributed by atoms with E-state index in [0.29, 0.717) is 18.6 Å². The minimum absolute atomic E-state index is 0.223. The maximum absolute atomic E-state index is 14.4. The van der Waals surface area contributed by atoms with Gasteiger partial charge in [0, 0.05) is 19.0 Å². The van der Waals surface area contributed by atoms with E-state index in [2.05, 4.69) is 14.8 Å². The highest BCUT2D eigenvalue weighted by Gasteiger charge is 2.44. The number of ether oxygens (including phenoxy) is 2. The molecule has 0 saturated heterocycles. The monoisotopic (exact) mass is 691 g/mol. The predicted molar refractivity (Wildman–Crippen MR) is 150 cm³/mol. The normalized spacial score (nSPS) is 12.8. The van der Waals surface area contributed by atoms with Crippen LogP contribution < -0.4 is 14.8 Å². The van der Waals surface area contributed by atoms with E-state index in [0.717, 1.165) is 42.5 Å². The number of carbonyl (C=O) groups is 1. The lowest BCUT2D eigenvalue weighted by atomic mass is 9.69. The molecule has 0 unspecified atom stereocenters. The van der Waals surface area contributed by atoms with Crippen molar-refractivity contribution in [3.8, 4) is 11.5 Å². The van der Waals surface area contributed by atoms with Gasteiger partial charge in [-0.2, -0.15) is 13.2 Å². The fraction of sp³-hybridized carbons (Fsp3) is 0.242. The number of rotatable bonds is 10. The Labute approximate surface area is 266 Å². The Hall–Kier alpha value is -4.82. The molecule has 0 heterocycles. The lowest BCUT2D eigenvalue weighted by molar-refractivity contribution is -0.275. The predicted octanol–water partition coefficient (Wildman–Crippen LogP) is 9.46. The Balaban J connectivity index is 1.92. The maximum atomic E-state index is 14.4. The summed E-state index contributed by atoms with van der Waals surface area (Å²) in [5.41, 5.74) is -5.13. The van der Waals surface area contributed by atoms with Crippen LogP contribution in [0.15, 0.2) is 97.1 Å². The van der Waals surface area contributed by atoms with E-state index in [1.54, 1.807) is 18.2 Å². The maximum Gasteiger partial charge on any atom is 0.573 e. The Morgan fingerprint density at radius 1 is 0.583 bits per heavy atom. The second-order valence-corrected chi connectivity index (χ2v) is 10.7. The first kappa shape index (κ1) is 36.0. The third-order valence-electron chi connectivity index (χ3n) is 7.10. The van der Waals surface area contributed by atoms with Crippen molar-refractivity contribution in [1.82, 2.24) is 5.32 Å². The van der Waals surface area contributed by atoms with E-state index >= 15 is 0 Å². The number of benzene rings is 4. The highest BCUT2D eigenvalue weighted by molar-refractivity contribution is 5.93. The van der Waals surface area contributed by atoms with Crippen molar-refractivity contribution in [2.45, 2.75) is 50.1 Å². The molecule has 4 aromatic rings. The lowest BCUT2D eigenvalue weighted by Crippen LogP contribution is -2.47. The highest BCUT2D eigenvalue weighted by Crippen LogP contribution is 2.41. The molecule has 0 saturated carbocycles. The van der Waals surface area contributed by atoms with Crippen LogP contribution in [0.2, 0.25) is 0 Å². The van der Waals surface area contributed by atoms with Crippen molar-refractivity contribution in [3.05, 3.63) is 130 Å². The third-order valence-corrected chi connectivity index (χ3v) is 7.10. The van der Waals surface area contributed by atoms with Gasteiger partial charge in [-0.1, -0.05) is 54.6 Å². The Morgan fingerprint density at radius 2 is 1.08 bits per heavy atom. The van der Waals surface area contributed by atoms with Crippen LogP contribution in [0.3, 0.4) is 0 Å². The van der Waals surface area contributed by atoms with Crippen LogP contribution in [0.5, 0.6) is 11.5 Å². The topological polar surface area (TPSA) is 47.6 Å². The lowest BCUT2D eigenvalue weighted by Gasteiger charge is -2.35. The zero-order valence-electron chi connectivity index (χ0n) is 24.5. The zero-order chi connectivity index (χ0) is 35.5. The number of halogens is 11. The average Bonchev–Trinajstić information content (AvgIpc) is 2.96. The van der Waals surface area contributed by atoms with Crippen molar-refractivity contribution < 1.29 is 62.6 Å². The summed E-state index contributed by atoms with van der Waals surface area (Å²) in [6.45, 7) is -0.415. The van der Waals surface area contributed by atoms with E-state index in [1.807, 2.05) is 0 Å². The summed E-state index contributed by atoms with van der Waals surface area (Å²) in [7, 11) is 0. The molecule has 0 atom stereocenters. The molecular weight excluding hydrogens is 667 g/mol. The largest absolute Gasteiger partial charge is 0.573 e. The molecule has 0 aliphatic carbocycles. The molecule has 0 radical (unpaired) electrons. The van der Waals surface area contributed by atoms with Gasteiger partial charge in [-0.05, 0) is 71.1 Å². The van der Waals surface area contributed by atoms with Crippen molar-refractivity contribution in [1.29, 1.82) is 0 Å².